The molecule has 0 aliphatic rings. The molecule has 24 heavy (non-hydrogen) atoms. The van der Waals surface area contributed by atoms with Crippen molar-refractivity contribution in [2.45, 2.75) is 13.5 Å². The van der Waals surface area contributed by atoms with E-state index in [2.05, 4.69) is 10.3 Å². The van der Waals surface area contributed by atoms with Gasteiger partial charge in [0.1, 0.15) is 5.75 Å². The molecule has 0 atom stereocenters. The van der Waals surface area contributed by atoms with Crippen molar-refractivity contribution in [1.29, 1.82) is 0 Å². The van der Waals surface area contributed by atoms with Crippen molar-refractivity contribution in [1.82, 2.24) is 10.3 Å². The number of benzene rings is 1. The van der Waals surface area contributed by atoms with Crippen molar-refractivity contribution in [2.24, 2.45) is 0 Å². The van der Waals surface area contributed by atoms with Crippen LogP contribution in [-0.4, -0.2) is 17.5 Å². The largest absolute Gasteiger partial charge is 0.494 e. The van der Waals surface area contributed by atoms with Crippen LogP contribution in [0.5, 0.6) is 5.75 Å². The van der Waals surface area contributed by atoms with Crippen LogP contribution in [0, 0.1) is 0 Å². The van der Waals surface area contributed by atoms with Crippen molar-refractivity contribution < 1.29 is 9.53 Å². The summed E-state index contributed by atoms with van der Waals surface area (Å²) in [6.07, 6.45) is 1.66. The molecule has 0 radical (unpaired) electrons. The Bertz CT molecular complexity index is 816. The summed E-state index contributed by atoms with van der Waals surface area (Å²) in [6.45, 7) is 2.96. The molecule has 5 heteroatoms. The monoisotopic (exact) mass is 338 g/mol. The van der Waals surface area contributed by atoms with Crippen LogP contribution in [0.25, 0.3) is 10.6 Å². The molecule has 122 valence electrons. The second kappa shape index (κ2) is 7.75. The maximum Gasteiger partial charge on any atom is 0.251 e. The first-order chi connectivity index (χ1) is 11.8. The van der Waals surface area contributed by atoms with Crippen LogP contribution in [0.4, 0.5) is 0 Å². The molecule has 1 aromatic carbocycles. The predicted molar refractivity (Wildman–Crippen MR) is 96.3 cm³/mol. The average Bonchev–Trinajstić information content (AvgIpc) is 3.16. The van der Waals surface area contributed by atoms with Crippen molar-refractivity contribution in [2.75, 3.05) is 6.61 Å². The maximum atomic E-state index is 12.4. The van der Waals surface area contributed by atoms with Crippen LogP contribution in [-0.2, 0) is 6.54 Å². The smallest absolute Gasteiger partial charge is 0.251 e. The van der Waals surface area contributed by atoms with Crippen molar-refractivity contribution >= 4 is 17.2 Å². The molecule has 3 rings (SSSR count). The predicted octanol–water partition coefficient (Wildman–Crippen LogP) is 4.14. The van der Waals surface area contributed by atoms with E-state index >= 15 is 0 Å². The number of nitrogens with zero attached hydrogens (tertiary/aromatic N) is 1. The van der Waals surface area contributed by atoms with E-state index in [4.69, 9.17) is 4.74 Å². The third-order valence-corrected chi connectivity index (χ3v) is 4.40. The zero-order valence-corrected chi connectivity index (χ0v) is 14.2. The number of rotatable bonds is 6. The van der Waals surface area contributed by atoms with Gasteiger partial charge in [0.15, 0.2) is 0 Å². The van der Waals surface area contributed by atoms with Gasteiger partial charge in [-0.3, -0.25) is 9.78 Å². The normalized spacial score (nSPS) is 10.4. The van der Waals surface area contributed by atoms with Crippen LogP contribution >= 0.6 is 11.3 Å². The van der Waals surface area contributed by atoms with Gasteiger partial charge in [0, 0.05) is 23.9 Å². The van der Waals surface area contributed by atoms with Crippen LogP contribution < -0.4 is 10.1 Å². The number of pyridine rings is 1. The number of ether oxygens (including phenoxy) is 1. The van der Waals surface area contributed by atoms with Crippen molar-refractivity contribution in [3.05, 3.63) is 71.2 Å². The van der Waals surface area contributed by atoms with Crippen LogP contribution in [0.1, 0.15) is 22.8 Å². The highest BCUT2D eigenvalue weighted by Gasteiger charge is 2.10. The lowest BCUT2D eigenvalue weighted by atomic mass is 10.1. The second-order valence-electron chi connectivity index (χ2n) is 5.13. The lowest BCUT2D eigenvalue weighted by Gasteiger charge is -2.11. The van der Waals surface area contributed by atoms with E-state index in [1.165, 1.54) is 0 Å². The molecule has 2 aromatic heterocycles. The number of hydrogen-bond donors (Lipinski definition) is 1. The van der Waals surface area contributed by atoms with Gasteiger partial charge in [-0.2, -0.15) is 0 Å². The van der Waals surface area contributed by atoms with Gasteiger partial charge >= 0.3 is 0 Å². The Balaban J connectivity index is 1.71. The van der Waals surface area contributed by atoms with Gasteiger partial charge in [0.05, 0.1) is 17.2 Å². The molecule has 0 aliphatic carbocycles. The summed E-state index contributed by atoms with van der Waals surface area (Å²) in [6, 6.07) is 15.2. The van der Waals surface area contributed by atoms with E-state index in [-0.39, 0.29) is 5.91 Å². The van der Waals surface area contributed by atoms with E-state index in [9.17, 15) is 4.79 Å². The summed E-state index contributed by atoms with van der Waals surface area (Å²) in [5, 5.41) is 4.94. The van der Waals surface area contributed by atoms with Gasteiger partial charge in [0.25, 0.3) is 5.91 Å². The quantitative estimate of drug-likeness (QED) is 0.735. The van der Waals surface area contributed by atoms with Gasteiger partial charge in [-0.05, 0) is 36.6 Å². The fourth-order valence-electron chi connectivity index (χ4n) is 2.35. The number of para-hydroxylation sites is 1. The van der Waals surface area contributed by atoms with Gasteiger partial charge in [-0.1, -0.05) is 24.3 Å². The first-order valence-corrected chi connectivity index (χ1v) is 8.64. The molecule has 0 spiro atoms. The summed E-state index contributed by atoms with van der Waals surface area (Å²) in [5.41, 5.74) is 2.37. The fourth-order valence-corrected chi connectivity index (χ4v) is 3.05. The number of carbonyl (C=O) groups excluding carboxylic acids is 1. The third-order valence-electron chi connectivity index (χ3n) is 3.51. The van der Waals surface area contributed by atoms with Gasteiger partial charge in [-0.15, -0.1) is 11.3 Å². The summed E-state index contributed by atoms with van der Waals surface area (Å²) < 4.78 is 5.58. The number of aromatic nitrogens is 1. The molecule has 0 fully saturated rings. The standard InChI is InChI=1S/C19H18N2O2S/c1-2-23-17-7-4-3-6-15(17)13-21-19(22)14-9-10-20-16(12-14)18-8-5-11-24-18/h3-12H,2,13H2,1H3,(H,21,22). The van der Waals surface area contributed by atoms with Crippen LogP contribution in [0.2, 0.25) is 0 Å². The molecule has 3 aromatic rings. The third kappa shape index (κ3) is 3.81. The van der Waals surface area contributed by atoms with Gasteiger partial charge in [0.2, 0.25) is 0 Å². The van der Waals surface area contributed by atoms with Gasteiger partial charge < -0.3 is 10.1 Å². The van der Waals surface area contributed by atoms with E-state index < -0.39 is 0 Å². The first kappa shape index (κ1) is 16.2. The maximum absolute atomic E-state index is 12.4. The Morgan fingerprint density at radius 1 is 1.21 bits per heavy atom. The Morgan fingerprint density at radius 2 is 2.08 bits per heavy atom. The molecular formula is C19H18N2O2S. The molecular weight excluding hydrogens is 320 g/mol. The zero-order valence-electron chi connectivity index (χ0n) is 13.4. The topological polar surface area (TPSA) is 51.2 Å². The zero-order chi connectivity index (χ0) is 16.8. The molecule has 1 N–H and O–H groups in total. The van der Waals surface area contributed by atoms with Crippen LogP contribution in [0.15, 0.2) is 60.1 Å². The average molecular weight is 338 g/mol. The molecule has 4 nitrogen and oxygen atoms in total. The summed E-state index contributed by atoms with van der Waals surface area (Å²) >= 11 is 1.60. The molecule has 0 saturated carbocycles. The minimum absolute atomic E-state index is 0.124. The Hall–Kier alpha value is -2.66. The minimum atomic E-state index is -0.124. The minimum Gasteiger partial charge on any atom is -0.494 e. The fraction of sp³-hybridized carbons (Fsp3) is 0.158. The van der Waals surface area contributed by atoms with Crippen LogP contribution in [0.3, 0.4) is 0 Å². The molecule has 0 unspecified atom stereocenters. The summed E-state index contributed by atoms with van der Waals surface area (Å²) in [5.74, 6) is 0.677. The first-order valence-electron chi connectivity index (χ1n) is 7.76. The molecule has 0 saturated heterocycles. The Morgan fingerprint density at radius 3 is 2.88 bits per heavy atom. The summed E-state index contributed by atoms with van der Waals surface area (Å²) in [7, 11) is 0. The summed E-state index contributed by atoms with van der Waals surface area (Å²) in [4.78, 5) is 17.8. The van der Waals surface area contributed by atoms with E-state index in [1.54, 1.807) is 23.6 Å². The number of nitrogens with one attached hydrogen (secondary N) is 1. The van der Waals surface area contributed by atoms with E-state index in [0.29, 0.717) is 18.7 Å². The molecule has 0 bridgehead atoms. The highest BCUT2D eigenvalue weighted by Crippen LogP contribution is 2.23. The lowest BCUT2D eigenvalue weighted by molar-refractivity contribution is 0.0950. The van der Waals surface area contributed by atoms with Crippen molar-refractivity contribution in [3.8, 4) is 16.3 Å². The van der Waals surface area contributed by atoms with Crippen molar-refractivity contribution in [3.63, 3.8) is 0 Å². The van der Waals surface area contributed by atoms with Gasteiger partial charge in [-0.25, -0.2) is 0 Å². The molecule has 2 heterocycles. The lowest BCUT2D eigenvalue weighted by Crippen LogP contribution is -2.23. The highest BCUT2D eigenvalue weighted by molar-refractivity contribution is 7.13. The SMILES string of the molecule is CCOc1ccccc1CNC(=O)c1ccnc(-c2cccs2)c1. The number of thiophene rings is 1. The van der Waals surface area contributed by atoms with E-state index in [0.717, 1.165) is 21.9 Å². The second-order valence-corrected chi connectivity index (χ2v) is 6.08. The highest BCUT2D eigenvalue weighted by atomic mass is 32.1. The number of hydrogen-bond acceptors (Lipinski definition) is 4. The van der Waals surface area contributed by atoms with E-state index in [1.807, 2.05) is 54.8 Å². The number of carbonyl (C=O) groups is 1. The number of amides is 1. The molecule has 1 amide bonds. The Labute approximate surface area is 145 Å². The molecule has 0 aliphatic heterocycles. The Kier molecular flexibility index (Phi) is 5.23.